The smallest absolute Gasteiger partial charge is 0.0616 e. The molecule has 0 aliphatic carbocycles. The Bertz CT molecular complexity index is 443. The normalized spacial score (nSPS) is 11.0. The Morgan fingerprint density at radius 2 is 2.23 bits per heavy atom. The number of hydrogen-bond donors (Lipinski definition) is 0. The van der Waals surface area contributed by atoms with Crippen molar-refractivity contribution in [3.8, 4) is 0 Å². The van der Waals surface area contributed by atoms with Gasteiger partial charge in [-0.3, -0.25) is 0 Å². The van der Waals surface area contributed by atoms with Crippen molar-refractivity contribution in [2.45, 2.75) is 20.3 Å². The molecule has 0 saturated carbocycles. The van der Waals surface area contributed by atoms with Crippen molar-refractivity contribution >= 4 is 33.0 Å². The lowest BCUT2D eigenvalue weighted by molar-refractivity contribution is 1.14. The third-order valence-electron chi connectivity index (χ3n) is 2.34. The van der Waals surface area contributed by atoms with Crippen LogP contribution in [-0.4, -0.2) is 0 Å². The highest BCUT2D eigenvalue weighted by atomic mass is 35.5. The first kappa shape index (κ1) is 9.04. The number of hydrogen-bond acceptors (Lipinski definition) is 1. The van der Waals surface area contributed by atoms with Crippen LogP contribution in [0.25, 0.3) is 10.1 Å². The highest BCUT2D eigenvalue weighted by molar-refractivity contribution is 7.17. The van der Waals surface area contributed by atoms with E-state index in [-0.39, 0.29) is 0 Å². The molecule has 0 aliphatic rings. The summed E-state index contributed by atoms with van der Waals surface area (Å²) in [6.45, 7) is 4.28. The minimum Gasteiger partial charge on any atom is -0.142 e. The van der Waals surface area contributed by atoms with Crippen LogP contribution in [0.1, 0.15) is 18.1 Å². The third kappa shape index (κ3) is 1.36. The summed E-state index contributed by atoms with van der Waals surface area (Å²) in [4.78, 5) is 0. The summed E-state index contributed by atoms with van der Waals surface area (Å²) >= 11 is 7.99. The van der Waals surface area contributed by atoms with Gasteiger partial charge in [-0.05, 0) is 41.3 Å². The van der Waals surface area contributed by atoms with Gasteiger partial charge in [-0.1, -0.05) is 24.6 Å². The van der Waals surface area contributed by atoms with E-state index in [0.717, 1.165) is 11.4 Å². The molecule has 0 saturated heterocycles. The largest absolute Gasteiger partial charge is 0.142 e. The average molecular weight is 211 g/mol. The zero-order valence-corrected chi connectivity index (χ0v) is 9.30. The van der Waals surface area contributed by atoms with Crippen molar-refractivity contribution in [3.05, 3.63) is 33.7 Å². The van der Waals surface area contributed by atoms with Crippen LogP contribution in [0.2, 0.25) is 5.02 Å². The Kier molecular flexibility index (Phi) is 2.31. The molecule has 0 nitrogen and oxygen atoms in total. The van der Waals surface area contributed by atoms with E-state index >= 15 is 0 Å². The Hall–Kier alpha value is -0.530. The zero-order chi connectivity index (χ0) is 9.42. The highest BCUT2D eigenvalue weighted by Gasteiger charge is 2.07. The van der Waals surface area contributed by atoms with Gasteiger partial charge in [0.2, 0.25) is 0 Å². The lowest BCUT2D eigenvalue weighted by Crippen LogP contribution is -1.84. The van der Waals surface area contributed by atoms with Crippen LogP contribution < -0.4 is 0 Å². The number of benzene rings is 1. The van der Waals surface area contributed by atoms with Crippen LogP contribution >= 0.6 is 22.9 Å². The van der Waals surface area contributed by atoms with Gasteiger partial charge in [0, 0.05) is 0 Å². The predicted octanol–water partition coefficient (Wildman–Crippen LogP) is 4.43. The van der Waals surface area contributed by atoms with Crippen LogP contribution in [0.5, 0.6) is 0 Å². The SMILES string of the molecule is CCc1cc(C)c2ccsc2c1Cl. The van der Waals surface area contributed by atoms with Gasteiger partial charge in [-0.2, -0.15) is 0 Å². The Morgan fingerprint density at radius 1 is 1.46 bits per heavy atom. The van der Waals surface area contributed by atoms with Crippen LogP contribution in [0.4, 0.5) is 0 Å². The highest BCUT2D eigenvalue weighted by Crippen LogP contribution is 2.34. The molecule has 0 amide bonds. The molecular formula is C11H11ClS. The molecule has 2 aromatic rings. The monoisotopic (exact) mass is 210 g/mol. The van der Waals surface area contributed by atoms with E-state index in [9.17, 15) is 0 Å². The molecule has 0 fully saturated rings. The molecule has 13 heavy (non-hydrogen) atoms. The fourth-order valence-corrected chi connectivity index (χ4v) is 2.95. The topological polar surface area (TPSA) is 0 Å². The molecule has 68 valence electrons. The summed E-state index contributed by atoms with van der Waals surface area (Å²) in [6.07, 6.45) is 1.01. The number of halogens is 1. The Morgan fingerprint density at radius 3 is 2.92 bits per heavy atom. The van der Waals surface area contributed by atoms with Gasteiger partial charge in [0.05, 0.1) is 9.72 Å². The molecule has 1 aromatic heterocycles. The van der Waals surface area contributed by atoms with E-state index in [1.54, 1.807) is 11.3 Å². The summed E-state index contributed by atoms with van der Waals surface area (Å²) in [7, 11) is 0. The molecular weight excluding hydrogens is 200 g/mol. The van der Waals surface area contributed by atoms with Crippen LogP contribution in [0, 0.1) is 6.92 Å². The molecule has 0 N–H and O–H groups in total. The van der Waals surface area contributed by atoms with Crippen molar-refractivity contribution in [2.75, 3.05) is 0 Å². The van der Waals surface area contributed by atoms with Gasteiger partial charge in [0.25, 0.3) is 0 Å². The second-order valence-electron chi connectivity index (χ2n) is 3.18. The fourth-order valence-electron chi connectivity index (χ4n) is 1.60. The van der Waals surface area contributed by atoms with Gasteiger partial charge in [-0.15, -0.1) is 11.3 Å². The van der Waals surface area contributed by atoms with Crippen LogP contribution in [0.3, 0.4) is 0 Å². The maximum atomic E-state index is 6.27. The van der Waals surface area contributed by atoms with Crippen molar-refractivity contribution in [1.82, 2.24) is 0 Å². The van der Waals surface area contributed by atoms with Gasteiger partial charge in [0.15, 0.2) is 0 Å². The average Bonchev–Trinajstić information content (AvgIpc) is 2.60. The van der Waals surface area contributed by atoms with E-state index in [0.29, 0.717) is 0 Å². The third-order valence-corrected chi connectivity index (χ3v) is 3.82. The van der Waals surface area contributed by atoms with E-state index in [4.69, 9.17) is 11.6 Å². The molecule has 0 atom stereocenters. The molecule has 0 aliphatic heterocycles. The van der Waals surface area contributed by atoms with Crippen LogP contribution in [-0.2, 0) is 6.42 Å². The standard InChI is InChI=1S/C11H11ClS/c1-3-8-6-7(2)9-4-5-13-11(9)10(8)12/h4-6H,3H2,1-2H3. The molecule has 2 heteroatoms. The summed E-state index contributed by atoms with van der Waals surface area (Å²) in [5, 5.41) is 4.34. The molecule has 1 heterocycles. The zero-order valence-electron chi connectivity index (χ0n) is 7.73. The van der Waals surface area contributed by atoms with E-state index in [2.05, 4.69) is 31.4 Å². The number of rotatable bonds is 1. The summed E-state index contributed by atoms with van der Waals surface area (Å²) in [6, 6.07) is 4.33. The van der Waals surface area contributed by atoms with Crippen molar-refractivity contribution in [3.63, 3.8) is 0 Å². The van der Waals surface area contributed by atoms with Crippen molar-refractivity contribution < 1.29 is 0 Å². The molecule has 0 bridgehead atoms. The lowest BCUT2D eigenvalue weighted by atomic mass is 10.1. The minimum absolute atomic E-state index is 0.943. The minimum atomic E-state index is 0.943. The quantitative estimate of drug-likeness (QED) is 0.654. The molecule has 1 aromatic carbocycles. The maximum absolute atomic E-state index is 6.27. The summed E-state index contributed by atoms with van der Waals surface area (Å²) < 4.78 is 1.23. The number of thiophene rings is 1. The van der Waals surface area contributed by atoms with Gasteiger partial charge < -0.3 is 0 Å². The van der Waals surface area contributed by atoms with Gasteiger partial charge in [-0.25, -0.2) is 0 Å². The lowest BCUT2D eigenvalue weighted by Gasteiger charge is -2.04. The maximum Gasteiger partial charge on any atom is 0.0616 e. The first-order valence-electron chi connectivity index (χ1n) is 4.39. The Labute approximate surface area is 87.2 Å². The second kappa shape index (κ2) is 3.32. The van der Waals surface area contributed by atoms with Gasteiger partial charge in [0.1, 0.15) is 0 Å². The first-order valence-corrected chi connectivity index (χ1v) is 5.65. The predicted molar refractivity (Wildman–Crippen MR) is 61.0 cm³/mol. The second-order valence-corrected chi connectivity index (χ2v) is 4.48. The number of aryl methyl sites for hydroxylation is 2. The first-order chi connectivity index (χ1) is 6.24. The van der Waals surface area contributed by atoms with Crippen molar-refractivity contribution in [2.24, 2.45) is 0 Å². The number of fused-ring (bicyclic) bond motifs is 1. The molecule has 0 unspecified atom stereocenters. The van der Waals surface area contributed by atoms with E-state index < -0.39 is 0 Å². The van der Waals surface area contributed by atoms with Gasteiger partial charge >= 0.3 is 0 Å². The molecule has 2 rings (SSSR count). The summed E-state index contributed by atoms with van der Waals surface area (Å²) in [5.74, 6) is 0. The van der Waals surface area contributed by atoms with Crippen molar-refractivity contribution in [1.29, 1.82) is 0 Å². The molecule has 0 radical (unpaired) electrons. The fraction of sp³-hybridized carbons (Fsp3) is 0.273. The molecule has 0 spiro atoms. The summed E-state index contributed by atoms with van der Waals surface area (Å²) in [5.41, 5.74) is 2.59. The Balaban J connectivity index is 2.85. The van der Waals surface area contributed by atoms with Crippen LogP contribution in [0.15, 0.2) is 17.5 Å². The van der Waals surface area contributed by atoms with E-state index in [1.165, 1.54) is 21.2 Å². The van der Waals surface area contributed by atoms with E-state index in [1.807, 2.05) is 0 Å².